The Morgan fingerprint density at radius 3 is 3.00 bits per heavy atom. The molecule has 0 unspecified atom stereocenters. The smallest absolute Gasteiger partial charge is 0.127 e. The molecule has 0 aliphatic carbocycles. The molecule has 0 aliphatic rings. The molecule has 102 valence electrons. The SMILES string of the molecule is CC(C)CNCc1cnccc1OCc1cccs1. The molecule has 0 radical (unpaired) electrons. The number of hydrogen-bond acceptors (Lipinski definition) is 4. The highest BCUT2D eigenvalue weighted by atomic mass is 32.1. The second kappa shape index (κ2) is 7.26. The van der Waals surface area contributed by atoms with Crippen molar-refractivity contribution in [3.8, 4) is 5.75 Å². The van der Waals surface area contributed by atoms with Gasteiger partial charge in [-0.15, -0.1) is 11.3 Å². The molecule has 2 heterocycles. The summed E-state index contributed by atoms with van der Waals surface area (Å²) in [6, 6.07) is 6.06. The highest BCUT2D eigenvalue weighted by molar-refractivity contribution is 7.09. The monoisotopic (exact) mass is 276 g/mol. The van der Waals surface area contributed by atoms with Crippen LogP contribution in [0.25, 0.3) is 0 Å². The van der Waals surface area contributed by atoms with E-state index in [-0.39, 0.29) is 0 Å². The van der Waals surface area contributed by atoms with Crippen LogP contribution in [0.5, 0.6) is 5.75 Å². The number of pyridine rings is 1. The van der Waals surface area contributed by atoms with Gasteiger partial charge >= 0.3 is 0 Å². The average Bonchev–Trinajstić information content (AvgIpc) is 2.90. The van der Waals surface area contributed by atoms with Crippen molar-refractivity contribution >= 4 is 11.3 Å². The number of thiophene rings is 1. The maximum atomic E-state index is 5.87. The van der Waals surface area contributed by atoms with E-state index >= 15 is 0 Å². The van der Waals surface area contributed by atoms with Gasteiger partial charge in [-0.05, 0) is 30.0 Å². The molecule has 0 saturated carbocycles. The van der Waals surface area contributed by atoms with E-state index in [0.29, 0.717) is 12.5 Å². The molecule has 3 nitrogen and oxygen atoms in total. The third kappa shape index (κ3) is 4.65. The van der Waals surface area contributed by atoms with Crippen molar-refractivity contribution in [3.05, 3.63) is 46.4 Å². The summed E-state index contributed by atoms with van der Waals surface area (Å²) in [5.74, 6) is 1.56. The van der Waals surface area contributed by atoms with Crippen LogP contribution in [-0.2, 0) is 13.2 Å². The minimum Gasteiger partial charge on any atom is -0.488 e. The lowest BCUT2D eigenvalue weighted by Gasteiger charge is -2.12. The van der Waals surface area contributed by atoms with Crippen LogP contribution in [0.4, 0.5) is 0 Å². The fourth-order valence-corrected chi connectivity index (χ4v) is 2.34. The van der Waals surface area contributed by atoms with E-state index < -0.39 is 0 Å². The fraction of sp³-hybridized carbons (Fsp3) is 0.400. The largest absolute Gasteiger partial charge is 0.488 e. The van der Waals surface area contributed by atoms with Gasteiger partial charge in [-0.1, -0.05) is 19.9 Å². The van der Waals surface area contributed by atoms with Crippen molar-refractivity contribution in [3.63, 3.8) is 0 Å². The lowest BCUT2D eigenvalue weighted by molar-refractivity contribution is 0.305. The fourth-order valence-electron chi connectivity index (χ4n) is 1.73. The molecule has 0 saturated heterocycles. The van der Waals surface area contributed by atoms with E-state index in [1.165, 1.54) is 4.88 Å². The predicted octanol–water partition coefficient (Wildman–Crippen LogP) is 3.47. The average molecular weight is 276 g/mol. The summed E-state index contributed by atoms with van der Waals surface area (Å²) in [5.41, 5.74) is 1.11. The van der Waals surface area contributed by atoms with Gasteiger partial charge in [-0.3, -0.25) is 4.98 Å². The van der Waals surface area contributed by atoms with E-state index in [1.54, 1.807) is 17.5 Å². The Hall–Kier alpha value is -1.39. The first-order valence-corrected chi connectivity index (χ1v) is 7.42. The highest BCUT2D eigenvalue weighted by Crippen LogP contribution is 2.19. The minimum atomic E-state index is 0.624. The van der Waals surface area contributed by atoms with Crippen molar-refractivity contribution in [2.45, 2.75) is 27.0 Å². The summed E-state index contributed by atoms with van der Waals surface area (Å²) >= 11 is 1.71. The van der Waals surface area contributed by atoms with Crippen molar-refractivity contribution in [1.82, 2.24) is 10.3 Å². The summed E-state index contributed by atoms with van der Waals surface area (Å²) in [7, 11) is 0. The molecule has 0 aliphatic heterocycles. The Morgan fingerprint density at radius 2 is 2.26 bits per heavy atom. The zero-order valence-corrected chi connectivity index (χ0v) is 12.2. The third-order valence-corrected chi connectivity index (χ3v) is 3.53. The predicted molar refractivity (Wildman–Crippen MR) is 79.4 cm³/mol. The lowest BCUT2D eigenvalue weighted by atomic mass is 10.2. The van der Waals surface area contributed by atoms with E-state index in [0.717, 1.165) is 24.4 Å². The normalized spacial score (nSPS) is 10.9. The molecule has 2 aromatic rings. The number of nitrogens with one attached hydrogen (secondary N) is 1. The Labute approximate surface area is 118 Å². The van der Waals surface area contributed by atoms with Gasteiger partial charge < -0.3 is 10.1 Å². The number of hydrogen-bond donors (Lipinski definition) is 1. The molecule has 0 spiro atoms. The highest BCUT2D eigenvalue weighted by Gasteiger charge is 2.04. The van der Waals surface area contributed by atoms with Crippen LogP contribution in [0.1, 0.15) is 24.3 Å². The van der Waals surface area contributed by atoms with Crippen LogP contribution in [0.2, 0.25) is 0 Å². The molecule has 0 fully saturated rings. The van der Waals surface area contributed by atoms with Crippen LogP contribution in [0.15, 0.2) is 36.0 Å². The zero-order valence-electron chi connectivity index (χ0n) is 11.4. The van der Waals surface area contributed by atoms with Gasteiger partial charge in [0.2, 0.25) is 0 Å². The zero-order chi connectivity index (χ0) is 13.5. The van der Waals surface area contributed by atoms with Gasteiger partial charge in [0.25, 0.3) is 0 Å². The summed E-state index contributed by atoms with van der Waals surface area (Å²) in [6.45, 7) is 6.82. The second-order valence-electron chi connectivity index (χ2n) is 4.88. The van der Waals surface area contributed by atoms with Gasteiger partial charge in [0, 0.05) is 29.4 Å². The second-order valence-corrected chi connectivity index (χ2v) is 5.91. The Kier molecular flexibility index (Phi) is 5.36. The van der Waals surface area contributed by atoms with E-state index in [1.807, 2.05) is 18.3 Å². The van der Waals surface area contributed by atoms with Gasteiger partial charge in [-0.25, -0.2) is 0 Å². The third-order valence-electron chi connectivity index (χ3n) is 2.68. The first-order chi connectivity index (χ1) is 9.25. The molecule has 0 bridgehead atoms. The number of aromatic nitrogens is 1. The summed E-state index contributed by atoms with van der Waals surface area (Å²) < 4.78 is 5.87. The summed E-state index contributed by atoms with van der Waals surface area (Å²) in [6.07, 6.45) is 3.65. The number of nitrogens with zero attached hydrogens (tertiary/aromatic N) is 1. The molecule has 4 heteroatoms. The Balaban J connectivity index is 1.92. The lowest BCUT2D eigenvalue weighted by Crippen LogP contribution is -2.19. The molecule has 19 heavy (non-hydrogen) atoms. The van der Waals surface area contributed by atoms with Crippen molar-refractivity contribution < 1.29 is 4.74 Å². The minimum absolute atomic E-state index is 0.624. The van der Waals surface area contributed by atoms with E-state index in [4.69, 9.17) is 4.74 Å². The van der Waals surface area contributed by atoms with Crippen molar-refractivity contribution in [2.24, 2.45) is 5.92 Å². The Morgan fingerprint density at radius 1 is 1.37 bits per heavy atom. The molecule has 2 rings (SSSR count). The van der Waals surface area contributed by atoms with E-state index in [2.05, 4.69) is 35.6 Å². The number of ether oxygens (including phenoxy) is 1. The standard InChI is InChI=1S/C15H20N2OS/c1-12(2)8-17-10-13-9-16-6-5-15(13)18-11-14-4-3-7-19-14/h3-7,9,12,17H,8,10-11H2,1-2H3. The summed E-state index contributed by atoms with van der Waals surface area (Å²) in [4.78, 5) is 5.40. The van der Waals surface area contributed by atoms with Crippen LogP contribution in [-0.4, -0.2) is 11.5 Å². The van der Waals surface area contributed by atoms with Gasteiger partial charge in [0.1, 0.15) is 12.4 Å². The van der Waals surface area contributed by atoms with Crippen LogP contribution in [0, 0.1) is 5.92 Å². The molecular formula is C15H20N2OS. The molecule has 2 aromatic heterocycles. The molecule has 1 N–H and O–H groups in total. The molecular weight excluding hydrogens is 256 g/mol. The number of rotatable bonds is 7. The van der Waals surface area contributed by atoms with E-state index in [9.17, 15) is 0 Å². The summed E-state index contributed by atoms with van der Waals surface area (Å²) in [5, 5.41) is 5.48. The first-order valence-electron chi connectivity index (χ1n) is 6.54. The van der Waals surface area contributed by atoms with Gasteiger partial charge in [0.05, 0.1) is 0 Å². The first kappa shape index (κ1) is 14.0. The maximum Gasteiger partial charge on any atom is 0.127 e. The van der Waals surface area contributed by atoms with Gasteiger partial charge in [0.15, 0.2) is 0 Å². The van der Waals surface area contributed by atoms with Crippen LogP contribution < -0.4 is 10.1 Å². The molecule has 0 aromatic carbocycles. The van der Waals surface area contributed by atoms with Crippen LogP contribution >= 0.6 is 11.3 Å². The Bertz CT molecular complexity index is 483. The molecule has 0 amide bonds. The topological polar surface area (TPSA) is 34.2 Å². The quantitative estimate of drug-likeness (QED) is 0.841. The van der Waals surface area contributed by atoms with Crippen molar-refractivity contribution in [2.75, 3.05) is 6.54 Å². The maximum absolute atomic E-state index is 5.87. The van der Waals surface area contributed by atoms with Crippen LogP contribution in [0.3, 0.4) is 0 Å². The van der Waals surface area contributed by atoms with Gasteiger partial charge in [-0.2, -0.15) is 0 Å². The molecule has 0 atom stereocenters. The van der Waals surface area contributed by atoms with Crippen molar-refractivity contribution in [1.29, 1.82) is 0 Å².